The molecule has 0 aromatic heterocycles. The summed E-state index contributed by atoms with van der Waals surface area (Å²) >= 11 is 0. The van der Waals surface area contributed by atoms with Gasteiger partial charge in [-0.3, -0.25) is 0 Å². The SMILES string of the molecule is CCCNCC(C)=Cc1ccccc1CC. The molecule has 0 atom stereocenters. The summed E-state index contributed by atoms with van der Waals surface area (Å²) in [5.41, 5.74) is 4.19. The van der Waals surface area contributed by atoms with Crippen molar-refractivity contribution in [2.75, 3.05) is 13.1 Å². The highest BCUT2D eigenvalue weighted by Gasteiger charge is 1.97. The van der Waals surface area contributed by atoms with Crippen LogP contribution in [0.2, 0.25) is 0 Å². The molecule has 0 saturated carbocycles. The van der Waals surface area contributed by atoms with Crippen LogP contribution in [0.15, 0.2) is 29.8 Å². The van der Waals surface area contributed by atoms with Crippen molar-refractivity contribution in [2.24, 2.45) is 0 Å². The fraction of sp³-hybridized carbons (Fsp3) is 0.467. The van der Waals surface area contributed by atoms with Crippen LogP contribution in [0, 0.1) is 0 Å². The molecule has 0 amide bonds. The first kappa shape index (κ1) is 13.0. The molecule has 88 valence electrons. The Balaban J connectivity index is 2.65. The monoisotopic (exact) mass is 217 g/mol. The molecular formula is C15H23N. The Kier molecular flexibility index (Phi) is 5.87. The van der Waals surface area contributed by atoms with Gasteiger partial charge in [0.25, 0.3) is 0 Å². The largest absolute Gasteiger partial charge is 0.313 e. The second-order valence-corrected chi connectivity index (χ2v) is 4.22. The highest BCUT2D eigenvalue weighted by Crippen LogP contribution is 2.13. The fourth-order valence-electron chi connectivity index (χ4n) is 1.78. The van der Waals surface area contributed by atoms with E-state index in [4.69, 9.17) is 0 Å². The molecular weight excluding hydrogens is 194 g/mol. The van der Waals surface area contributed by atoms with Gasteiger partial charge < -0.3 is 5.32 Å². The van der Waals surface area contributed by atoms with Crippen LogP contribution in [-0.4, -0.2) is 13.1 Å². The molecule has 1 nitrogen and oxygen atoms in total. The lowest BCUT2D eigenvalue weighted by Gasteiger charge is -2.06. The lowest BCUT2D eigenvalue weighted by atomic mass is 10.0. The van der Waals surface area contributed by atoms with E-state index in [2.05, 4.69) is 56.4 Å². The normalized spacial score (nSPS) is 11.8. The van der Waals surface area contributed by atoms with Gasteiger partial charge in [-0.25, -0.2) is 0 Å². The van der Waals surface area contributed by atoms with E-state index >= 15 is 0 Å². The molecule has 1 rings (SSSR count). The van der Waals surface area contributed by atoms with Gasteiger partial charge in [0.1, 0.15) is 0 Å². The van der Waals surface area contributed by atoms with Crippen LogP contribution in [-0.2, 0) is 6.42 Å². The number of hydrogen-bond acceptors (Lipinski definition) is 1. The van der Waals surface area contributed by atoms with Crippen LogP contribution in [0.5, 0.6) is 0 Å². The van der Waals surface area contributed by atoms with Crippen LogP contribution >= 0.6 is 0 Å². The molecule has 0 saturated heterocycles. The number of benzene rings is 1. The minimum Gasteiger partial charge on any atom is -0.313 e. The van der Waals surface area contributed by atoms with Gasteiger partial charge in [-0.1, -0.05) is 49.8 Å². The summed E-state index contributed by atoms with van der Waals surface area (Å²) in [7, 11) is 0. The lowest BCUT2D eigenvalue weighted by molar-refractivity contribution is 0.715. The third kappa shape index (κ3) is 4.19. The molecule has 0 aliphatic heterocycles. The van der Waals surface area contributed by atoms with Gasteiger partial charge in [0, 0.05) is 6.54 Å². The Morgan fingerprint density at radius 1 is 1.25 bits per heavy atom. The molecule has 1 aromatic rings. The zero-order chi connectivity index (χ0) is 11.8. The van der Waals surface area contributed by atoms with Crippen LogP contribution in [0.4, 0.5) is 0 Å². The molecule has 1 aromatic carbocycles. The summed E-state index contributed by atoms with van der Waals surface area (Å²) in [6.07, 6.45) is 4.59. The van der Waals surface area contributed by atoms with Crippen molar-refractivity contribution in [2.45, 2.75) is 33.6 Å². The molecule has 1 heteroatoms. The van der Waals surface area contributed by atoms with E-state index in [0.29, 0.717) is 0 Å². The zero-order valence-corrected chi connectivity index (χ0v) is 10.7. The number of rotatable bonds is 6. The smallest absolute Gasteiger partial charge is 0.0165 e. The summed E-state index contributed by atoms with van der Waals surface area (Å²) < 4.78 is 0. The van der Waals surface area contributed by atoms with Gasteiger partial charge in [0.2, 0.25) is 0 Å². The summed E-state index contributed by atoms with van der Waals surface area (Å²) in [4.78, 5) is 0. The number of nitrogens with one attached hydrogen (secondary N) is 1. The van der Waals surface area contributed by atoms with Crippen LogP contribution < -0.4 is 5.32 Å². The molecule has 0 heterocycles. The fourth-order valence-corrected chi connectivity index (χ4v) is 1.78. The number of hydrogen-bond donors (Lipinski definition) is 1. The van der Waals surface area contributed by atoms with E-state index in [0.717, 1.165) is 19.5 Å². The maximum atomic E-state index is 3.42. The Morgan fingerprint density at radius 2 is 2.00 bits per heavy atom. The Morgan fingerprint density at radius 3 is 2.69 bits per heavy atom. The minimum atomic E-state index is 0.992. The zero-order valence-electron chi connectivity index (χ0n) is 10.7. The van der Waals surface area contributed by atoms with E-state index in [1.165, 1.54) is 23.1 Å². The summed E-state index contributed by atoms with van der Waals surface area (Å²) in [6.45, 7) is 8.68. The Hall–Kier alpha value is -1.08. The number of aryl methyl sites for hydroxylation is 1. The highest BCUT2D eigenvalue weighted by molar-refractivity contribution is 5.56. The minimum absolute atomic E-state index is 0.992. The van der Waals surface area contributed by atoms with Crippen molar-refractivity contribution in [3.63, 3.8) is 0 Å². The third-order valence-corrected chi connectivity index (χ3v) is 2.67. The van der Waals surface area contributed by atoms with Gasteiger partial charge in [-0.15, -0.1) is 0 Å². The van der Waals surface area contributed by atoms with Gasteiger partial charge in [0.15, 0.2) is 0 Å². The highest BCUT2D eigenvalue weighted by atomic mass is 14.8. The predicted octanol–water partition coefficient (Wildman–Crippen LogP) is 3.65. The molecule has 0 aliphatic rings. The standard InChI is InChI=1S/C15H23N/c1-4-10-16-12-13(3)11-15-9-7-6-8-14(15)5-2/h6-9,11,16H,4-5,10,12H2,1-3H3. The summed E-state index contributed by atoms with van der Waals surface area (Å²) in [5, 5.41) is 3.42. The van der Waals surface area contributed by atoms with Gasteiger partial charge in [-0.2, -0.15) is 0 Å². The van der Waals surface area contributed by atoms with E-state index in [1.807, 2.05) is 0 Å². The van der Waals surface area contributed by atoms with E-state index < -0.39 is 0 Å². The van der Waals surface area contributed by atoms with Gasteiger partial charge >= 0.3 is 0 Å². The molecule has 1 N–H and O–H groups in total. The predicted molar refractivity (Wildman–Crippen MR) is 72.6 cm³/mol. The molecule has 0 spiro atoms. The van der Waals surface area contributed by atoms with Gasteiger partial charge in [-0.05, 0) is 37.4 Å². The van der Waals surface area contributed by atoms with E-state index in [-0.39, 0.29) is 0 Å². The summed E-state index contributed by atoms with van der Waals surface area (Å²) in [5.74, 6) is 0. The maximum absolute atomic E-state index is 3.42. The Labute approximate surface area is 99.6 Å². The van der Waals surface area contributed by atoms with Crippen molar-refractivity contribution < 1.29 is 0 Å². The molecule has 0 radical (unpaired) electrons. The summed E-state index contributed by atoms with van der Waals surface area (Å²) in [6, 6.07) is 8.62. The molecule has 0 unspecified atom stereocenters. The molecule has 0 bridgehead atoms. The topological polar surface area (TPSA) is 12.0 Å². The molecule has 0 aliphatic carbocycles. The van der Waals surface area contributed by atoms with E-state index in [9.17, 15) is 0 Å². The van der Waals surface area contributed by atoms with E-state index in [1.54, 1.807) is 0 Å². The Bertz CT molecular complexity index is 339. The molecule has 0 fully saturated rings. The van der Waals surface area contributed by atoms with Crippen molar-refractivity contribution >= 4 is 6.08 Å². The first-order valence-electron chi connectivity index (χ1n) is 6.23. The van der Waals surface area contributed by atoms with Crippen LogP contribution in [0.1, 0.15) is 38.3 Å². The van der Waals surface area contributed by atoms with Crippen molar-refractivity contribution in [3.05, 3.63) is 41.0 Å². The first-order valence-corrected chi connectivity index (χ1v) is 6.23. The average molecular weight is 217 g/mol. The first-order chi connectivity index (χ1) is 7.77. The van der Waals surface area contributed by atoms with Crippen LogP contribution in [0.3, 0.4) is 0 Å². The maximum Gasteiger partial charge on any atom is 0.0165 e. The quantitative estimate of drug-likeness (QED) is 0.717. The average Bonchev–Trinajstić information content (AvgIpc) is 2.30. The second-order valence-electron chi connectivity index (χ2n) is 4.22. The second kappa shape index (κ2) is 7.24. The van der Waals surface area contributed by atoms with Crippen LogP contribution in [0.25, 0.3) is 6.08 Å². The van der Waals surface area contributed by atoms with Crippen molar-refractivity contribution in [3.8, 4) is 0 Å². The van der Waals surface area contributed by atoms with Crippen molar-refractivity contribution in [1.29, 1.82) is 0 Å². The van der Waals surface area contributed by atoms with Gasteiger partial charge in [0.05, 0.1) is 0 Å². The molecule has 16 heavy (non-hydrogen) atoms. The third-order valence-electron chi connectivity index (χ3n) is 2.67. The van der Waals surface area contributed by atoms with Crippen molar-refractivity contribution in [1.82, 2.24) is 5.32 Å². The lowest BCUT2D eigenvalue weighted by Crippen LogP contribution is -2.16.